The predicted molar refractivity (Wildman–Crippen MR) is 82.2 cm³/mol. The average Bonchev–Trinajstić information content (AvgIpc) is 2.88. The summed E-state index contributed by atoms with van der Waals surface area (Å²) < 4.78 is 1.90. The van der Waals surface area contributed by atoms with E-state index in [0.29, 0.717) is 6.54 Å². The van der Waals surface area contributed by atoms with Gasteiger partial charge in [-0.15, -0.1) is 11.3 Å². The normalized spacial score (nSPS) is 11.2. The number of rotatable bonds is 3. The minimum absolute atomic E-state index is 0.706. The fraction of sp³-hybridized carbons (Fsp3) is 0.357. The van der Waals surface area contributed by atoms with Gasteiger partial charge in [0.2, 0.25) is 0 Å². The zero-order chi connectivity index (χ0) is 14.3. The van der Waals surface area contributed by atoms with E-state index in [4.69, 9.17) is 0 Å². The van der Waals surface area contributed by atoms with Crippen molar-refractivity contribution in [2.75, 3.05) is 5.32 Å². The molecule has 0 aliphatic heterocycles. The van der Waals surface area contributed by atoms with E-state index in [2.05, 4.69) is 40.3 Å². The van der Waals surface area contributed by atoms with E-state index in [1.54, 1.807) is 17.7 Å². The van der Waals surface area contributed by atoms with Gasteiger partial charge in [-0.2, -0.15) is 5.10 Å². The van der Waals surface area contributed by atoms with Crippen molar-refractivity contribution in [3.05, 3.63) is 34.2 Å². The Bertz CT molecular complexity index is 771. The summed E-state index contributed by atoms with van der Waals surface area (Å²) in [5.41, 5.74) is 3.42. The second kappa shape index (κ2) is 4.86. The van der Waals surface area contributed by atoms with Crippen LogP contribution in [0.3, 0.4) is 0 Å². The second-order valence-electron chi connectivity index (χ2n) is 4.94. The summed E-state index contributed by atoms with van der Waals surface area (Å²) in [5, 5.41) is 8.89. The molecule has 0 atom stereocenters. The molecule has 3 rings (SSSR count). The minimum Gasteiger partial charge on any atom is -0.364 e. The van der Waals surface area contributed by atoms with Crippen LogP contribution in [-0.4, -0.2) is 19.7 Å². The zero-order valence-corrected chi connectivity index (χ0v) is 12.9. The van der Waals surface area contributed by atoms with Crippen molar-refractivity contribution in [2.45, 2.75) is 27.3 Å². The van der Waals surface area contributed by atoms with Gasteiger partial charge in [0.25, 0.3) is 0 Å². The molecule has 0 aliphatic rings. The van der Waals surface area contributed by atoms with Gasteiger partial charge in [-0.05, 0) is 32.4 Å². The van der Waals surface area contributed by atoms with Crippen LogP contribution in [0.25, 0.3) is 10.2 Å². The van der Waals surface area contributed by atoms with Gasteiger partial charge in [-0.25, -0.2) is 9.97 Å². The first-order valence-corrected chi connectivity index (χ1v) is 7.32. The maximum absolute atomic E-state index is 4.39. The molecule has 3 aromatic heterocycles. The standard InChI is InChI=1S/C14H17N5S/c1-8-5-11(19(4)18-8)6-15-13-12-9(2)10(3)20-14(12)17-7-16-13/h5,7H,6H2,1-4H3,(H,15,16,17). The van der Waals surface area contributed by atoms with E-state index in [9.17, 15) is 0 Å². The number of thiophene rings is 1. The summed E-state index contributed by atoms with van der Waals surface area (Å²) in [6.45, 7) is 6.95. The fourth-order valence-electron chi connectivity index (χ4n) is 2.32. The highest BCUT2D eigenvalue weighted by atomic mass is 32.1. The monoisotopic (exact) mass is 287 g/mol. The molecule has 6 heteroatoms. The molecule has 0 saturated heterocycles. The number of fused-ring (bicyclic) bond motifs is 1. The van der Waals surface area contributed by atoms with Crippen molar-refractivity contribution in [1.29, 1.82) is 0 Å². The number of hydrogen-bond acceptors (Lipinski definition) is 5. The molecule has 3 aromatic rings. The van der Waals surface area contributed by atoms with Gasteiger partial charge in [-0.3, -0.25) is 4.68 Å². The van der Waals surface area contributed by atoms with Crippen LogP contribution >= 0.6 is 11.3 Å². The number of nitrogens with one attached hydrogen (secondary N) is 1. The summed E-state index contributed by atoms with van der Waals surface area (Å²) in [6, 6.07) is 2.08. The van der Waals surface area contributed by atoms with Gasteiger partial charge in [-0.1, -0.05) is 0 Å². The van der Waals surface area contributed by atoms with Crippen LogP contribution in [0.5, 0.6) is 0 Å². The van der Waals surface area contributed by atoms with Gasteiger partial charge < -0.3 is 5.32 Å². The van der Waals surface area contributed by atoms with E-state index in [1.807, 2.05) is 18.7 Å². The lowest BCUT2D eigenvalue weighted by molar-refractivity contribution is 0.713. The van der Waals surface area contributed by atoms with Crippen molar-refractivity contribution in [3.8, 4) is 0 Å². The van der Waals surface area contributed by atoms with Crippen LogP contribution in [0.1, 0.15) is 21.8 Å². The van der Waals surface area contributed by atoms with Gasteiger partial charge in [0.1, 0.15) is 17.0 Å². The molecule has 0 aliphatic carbocycles. The first-order valence-electron chi connectivity index (χ1n) is 6.50. The van der Waals surface area contributed by atoms with Gasteiger partial charge >= 0.3 is 0 Å². The molecule has 5 nitrogen and oxygen atoms in total. The van der Waals surface area contributed by atoms with E-state index in [0.717, 1.165) is 27.4 Å². The first kappa shape index (κ1) is 13.1. The molecular weight excluding hydrogens is 270 g/mol. The maximum Gasteiger partial charge on any atom is 0.138 e. The maximum atomic E-state index is 4.39. The topological polar surface area (TPSA) is 55.6 Å². The lowest BCUT2D eigenvalue weighted by Gasteiger charge is -2.07. The number of aryl methyl sites for hydroxylation is 4. The molecule has 104 valence electrons. The molecule has 0 radical (unpaired) electrons. The smallest absolute Gasteiger partial charge is 0.138 e. The summed E-state index contributed by atoms with van der Waals surface area (Å²) >= 11 is 1.71. The van der Waals surface area contributed by atoms with Crippen molar-refractivity contribution >= 4 is 27.4 Å². The lowest BCUT2D eigenvalue weighted by atomic mass is 10.2. The lowest BCUT2D eigenvalue weighted by Crippen LogP contribution is -2.07. The Morgan fingerprint density at radius 2 is 2.05 bits per heavy atom. The molecule has 20 heavy (non-hydrogen) atoms. The average molecular weight is 287 g/mol. The second-order valence-corrected chi connectivity index (χ2v) is 6.14. The highest BCUT2D eigenvalue weighted by molar-refractivity contribution is 7.18. The van der Waals surface area contributed by atoms with E-state index in [-0.39, 0.29) is 0 Å². The quantitative estimate of drug-likeness (QED) is 0.804. The summed E-state index contributed by atoms with van der Waals surface area (Å²) in [4.78, 5) is 11.1. The van der Waals surface area contributed by atoms with Crippen molar-refractivity contribution in [3.63, 3.8) is 0 Å². The molecule has 0 unspecified atom stereocenters. The third kappa shape index (κ3) is 2.16. The van der Waals surface area contributed by atoms with Crippen LogP contribution < -0.4 is 5.32 Å². The molecule has 0 bridgehead atoms. The molecule has 0 spiro atoms. The largest absolute Gasteiger partial charge is 0.364 e. The van der Waals surface area contributed by atoms with Crippen LogP contribution in [0.15, 0.2) is 12.4 Å². The fourth-order valence-corrected chi connectivity index (χ4v) is 3.32. The third-order valence-electron chi connectivity index (χ3n) is 3.50. The minimum atomic E-state index is 0.706. The molecule has 0 aromatic carbocycles. The number of hydrogen-bond donors (Lipinski definition) is 1. The Kier molecular flexibility index (Phi) is 3.17. The highest BCUT2D eigenvalue weighted by Crippen LogP contribution is 2.32. The van der Waals surface area contributed by atoms with Crippen LogP contribution in [0.4, 0.5) is 5.82 Å². The molecule has 1 N–H and O–H groups in total. The summed E-state index contributed by atoms with van der Waals surface area (Å²) in [7, 11) is 1.96. The van der Waals surface area contributed by atoms with Gasteiger partial charge in [0, 0.05) is 11.9 Å². The van der Waals surface area contributed by atoms with Crippen molar-refractivity contribution < 1.29 is 0 Å². The Labute approximate surface area is 121 Å². The van der Waals surface area contributed by atoms with Gasteiger partial charge in [0.05, 0.1) is 23.3 Å². The SMILES string of the molecule is Cc1cc(CNc2ncnc3sc(C)c(C)c23)n(C)n1. The Hall–Kier alpha value is -1.95. The Morgan fingerprint density at radius 3 is 2.75 bits per heavy atom. The number of anilines is 1. The van der Waals surface area contributed by atoms with E-state index >= 15 is 0 Å². The summed E-state index contributed by atoms with van der Waals surface area (Å²) in [6.07, 6.45) is 1.62. The van der Waals surface area contributed by atoms with Gasteiger partial charge in [0.15, 0.2) is 0 Å². The highest BCUT2D eigenvalue weighted by Gasteiger charge is 2.12. The Morgan fingerprint density at radius 1 is 1.25 bits per heavy atom. The molecule has 0 amide bonds. The molecule has 3 heterocycles. The van der Waals surface area contributed by atoms with Crippen LogP contribution in [0, 0.1) is 20.8 Å². The molecular formula is C14H17N5S. The van der Waals surface area contributed by atoms with E-state index < -0.39 is 0 Å². The number of aromatic nitrogens is 4. The van der Waals surface area contributed by atoms with Crippen LogP contribution in [-0.2, 0) is 13.6 Å². The van der Waals surface area contributed by atoms with Crippen molar-refractivity contribution in [2.24, 2.45) is 7.05 Å². The van der Waals surface area contributed by atoms with E-state index in [1.165, 1.54) is 10.4 Å². The Balaban J connectivity index is 1.93. The number of nitrogens with zero attached hydrogens (tertiary/aromatic N) is 4. The third-order valence-corrected chi connectivity index (χ3v) is 4.62. The molecule has 0 fully saturated rings. The predicted octanol–water partition coefficient (Wildman–Crippen LogP) is 2.96. The first-order chi connectivity index (χ1) is 9.56. The zero-order valence-electron chi connectivity index (χ0n) is 12.1. The molecule has 0 saturated carbocycles. The van der Waals surface area contributed by atoms with Crippen molar-refractivity contribution in [1.82, 2.24) is 19.7 Å². The summed E-state index contributed by atoms with van der Waals surface area (Å²) in [5.74, 6) is 0.899. The van der Waals surface area contributed by atoms with Crippen LogP contribution in [0.2, 0.25) is 0 Å².